The molecule has 0 aromatic heterocycles. The van der Waals surface area contributed by atoms with Gasteiger partial charge in [0.1, 0.15) is 12.6 Å². The van der Waals surface area contributed by atoms with Crippen LogP contribution in [0.1, 0.15) is 13.3 Å². The van der Waals surface area contributed by atoms with E-state index in [1.165, 1.54) is 7.11 Å². The molecule has 0 fully saturated rings. The SMILES string of the molecule is C=C(C)C[C@H](NC(=O)COC)C(N)=O. The number of nitrogens with two attached hydrogens (primary N) is 1. The van der Waals surface area contributed by atoms with E-state index in [1.54, 1.807) is 6.92 Å². The number of carbonyl (C=O) groups is 2. The number of nitrogens with one attached hydrogen (secondary N) is 1. The van der Waals surface area contributed by atoms with Crippen LogP contribution in [0.25, 0.3) is 0 Å². The number of ether oxygens (including phenoxy) is 1. The lowest BCUT2D eigenvalue weighted by atomic mass is 10.1. The maximum absolute atomic E-state index is 11.1. The van der Waals surface area contributed by atoms with Crippen molar-refractivity contribution >= 4 is 11.8 Å². The Labute approximate surface area is 83.3 Å². The minimum atomic E-state index is -0.699. The van der Waals surface area contributed by atoms with Crippen molar-refractivity contribution in [3.8, 4) is 0 Å². The van der Waals surface area contributed by atoms with Crippen LogP contribution in [-0.2, 0) is 14.3 Å². The number of methoxy groups -OCH3 is 1. The molecular weight excluding hydrogens is 184 g/mol. The molecule has 0 saturated carbocycles. The predicted molar refractivity (Wildman–Crippen MR) is 52.4 cm³/mol. The van der Waals surface area contributed by atoms with E-state index in [1.807, 2.05) is 0 Å². The van der Waals surface area contributed by atoms with Gasteiger partial charge in [-0.1, -0.05) is 5.57 Å². The Hall–Kier alpha value is -1.36. The van der Waals surface area contributed by atoms with Crippen LogP contribution in [0, 0.1) is 0 Å². The average Bonchev–Trinajstić information content (AvgIpc) is 2.02. The van der Waals surface area contributed by atoms with E-state index < -0.39 is 11.9 Å². The second-order valence-corrected chi connectivity index (χ2v) is 3.12. The fraction of sp³-hybridized carbons (Fsp3) is 0.556. The molecule has 5 heteroatoms. The van der Waals surface area contributed by atoms with E-state index in [0.29, 0.717) is 6.42 Å². The molecule has 0 aliphatic carbocycles. The molecule has 0 radical (unpaired) electrons. The molecule has 0 unspecified atom stereocenters. The molecule has 2 amide bonds. The molecule has 0 aromatic carbocycles. The van der Waals surface area contributed by atoms with Crippen molar-refractivity contribution in [3.63, 3.8) is 0 Å². The first-order valence-electron chi connectivity index (χ1n) is 4.19. The first-order valence-corrected chi connectivity index (χ1v) is 4.19. The third-order valence-corrected chi connectivity index (χ3v) is 1.51. The van der Waals surface area contributed by atoms with Gasteiger partial charge in [-0.2, -0.15) is 0 Å². The summed E-state index contributed by atoms with van der Waals surface area (Å²) in [4.78, 5) is 22.0. The summed E-state index contributed by atoms with van der Waals surface area (Å²) in [6.45, 7) is 5.32. The molecule has 0 aliphatic rings. The molecule has 0 aliphatic heterocycles. The van der Waals surface area contributed by atoms with Gasteiger partial charge in [-0.25, -0.2) is 0 Å². The number of hydrogen-bond acceptors (Lipinski definition) is 3. The summed E-state index contributed by atoms with van der Waals surface area (Å²) in [5.41, 5.74) is 5.88. The van der Waals surface area contributed by atoms with Gasteiger partial charge in [-0.15, -0.1) is 6.58 Å². The largest absolute Gasteiger partial charge is 0.375 e. The van der Waals surface area contributed by atoms with Crippen molar-refractivity contribution in [1.29, 1.82) is 0 Å². The molecule has 0 bridgehead atoms. The highest BCUT2D eigenvalue weighted by atomic mass is 16.5. The summed E-state index contributed by atoms with van der Waals surface area (Å²) in [7, 11) is 1.40. The monoisotopic (exact) mass is 200 g/mol. The second-order valence-electron chi connectivity index (χ2n) is 3.12. The molecular formula is C9H16N2O3. The number of hydrogen-bond donors (Lipinski definition) is 2. The van der Waals surface area contributed by atoms with Crippen LogP contribution < -0.4 is 11.1 Å². The van der Waals surface area contributed by atoms with E-state index in [-0.39, 0.29) is 12.5 Å². The molecule has 0 spiro atoms. The molecule has 0 aromatic rings. The molecule has 80 valence electrons. The summed E-state index contributed by atoms with van der Waals surface area (Å²) >= 11 is 0. The Balaban J connectivity index is 4.16. The normalized spacial score (nSPS) is 11.9. The summed E-state index contributed by atoms with van der Waals surface area (Å²) in [5, 5.41) is 2.45. The highest BCUT2D eigenvalue weighted by Crippen LogP contribution is 2.01. The lowest BCUT2D eigenvalue weighted by molar-refractivity contribution is -0.129. The standard InChI is InChI=1S/C9H16N2O3/c1-6(2)4-7(9(10)13)11-8(12)5-14-3/h7H,1,4-5H2,2-3H3,(H2,10,13)(H,11,12)/t7-/m0/s1. The van der Waals surface area contributed by atoms with Crippen molar-refractivity contribution in [1.82, 2.24) is 5.32 Å². The Morgan fingerprint density at radius 1 is 1.57 bits per heavy atom. The van der Waals surface area contributed by atoms with Gasteiger partial charge in [-0.05, 0) is 13.3 Å². The lowest BCUT2D eigenvalue weighted by Crippen LogP contribution is -2.45. The zero-order valence-corrected chi connectivity index (χ0v) is 8.50. The number of carbonyl (C=O) groups excluding carboxylic acids is 2. The summed E-state index contributed by atoms with van der Waals surface area (Å²) in [6.07, 6.45) is 0.352. The van der Waals surface area contributed by atoms with E-state index in [9.17, 15) is 9.59 Å². The van der Waals surface area contributed by atoms with Gasteiger partial charge in [0.25, 0.3) is 0 Å². The lowest BCUT2D eigenvalue weighted by Gasteiger charge is -2.14. The smallest absolute Gasteiger partial charge is 0.246 e. The van der Waals surface area contributed by atoms with Crippen molar-refractivity contribution < 1.29 is 14.3 Å². The van der Waals surface area contributed by atoms with Crippen LogP contribution in [0.4, 0.5) is 0 Å². The van der Waals surface area contributed by atoms with Gasteiger partial charge in [0, 0.05) is 7.11 Å². The Morgan fingerprint density at radius 3 is 2.50 bits per heavy atom. The highest BCUT2D eigenvalue weighted by molar-refractivity contribution is 5.87. The van der Waals surface area contributed by atoms with Crippen molar-refractivity contribution in [2.45, 2.75) is 19.4 Å². The summed E-state index contributed by atoms with van der Waals surface area (Å²) in [6, 6.07) is -0.699. The van der Waals surface area contributed by atoms with Gasteiger partial charge in [-0.3, -0.25) is 9.59 Å². The fourth-order valence-corrected chi connectivity index (χ4v) is 0.938. The van der Waals surface area contributed by atoms with Crippen LogP contribution in [0.2, 0.25) is 0 Å². The minimum Gasteiger partial charge on any atom is -0.375 e. The molecule has 0 saturated heterocycles. The molecule has 0 heterocycles. The van der Waals surface area contributed by atoms with Gasteiger partial charge in [0.15, 0.2) is 0 Å². The van der Waals surface area contributed by atoms with Gasteiger partial charge in [0.05, 0.1) is 0 Å². The quantitative estimate of drug-likeness (QED) is 0.571. The maximum atomic E-state index is 11.1. The van der Waals surface area contributed by atoms with Crippen LogP contribution in [0.5, 0.6) is 0 Å². The topological polar surface area (TPSA) is 81.4 Å². The molecule has 1 atom stereocenters. The Bertz CT molecular complexity index is 238. The van der Waals surface area contributed by atoms with E-state index in [0.717, 1.165) is 5.57 Å². The van der Waals surface area contributed by atoms with Gasteiger partial charge in [0.2, 0.25) is 11.8 Å². The number of primary amides is 1. The van der Waals surface area contributed by atoms with Crippen molar-refractivity contribution in [3.05, 3.63) is 12.2 Å². The zero-order valence-electron chi connectivity index (χ0n) is 8.50. The number of rotatable bonds is 6. The minimum absolute atomic E-state index is 0.0834. The predicted octanol–water partition coefficient (Wildman–Crippen LogP) is -0.431. The zero-order chi connectivity index (χ0) is 11.1. The summed E-state index contributed by atoms with van der Waals surface area (Å²) < 4.78 is 4.60. The molecule has 3 N–H and O–H groups in total. The van der Waals surface area contributed by atoms with Gasteiger partial charge >= 0.3 is 0 Å². The maximum Gasteiger partial charge on any atom is 0.246 e. The van der Waals surface area contributed by atoms with Gasteiger partial charge < -0.3 is 15.8 Å². The summed E-state index contributed by atoms with van der Waals surface area (Å²) in [5.74, 6) is -0.935. The first kappa shape index (κ1) is 12.6. The van der Waals surface area contributed by atoms with Crippen molar-refractivity contribution in [2.75, 3.05) is 13.7 Å². The molecule has 5 nitrogen and oxygen atoms in total. The second kappa shape index (κ2) is 6.15. The van der Waals surface area contributed by atoms with E-state index >= 15 is 0 Å². The number of amides is 2. The third kappa shape index (κ3) is 5.31. The van der Waals surface area contributed by atoms with Crippen LogP contribution >= 0.6 is 0 Å². The van der Waals surface area contributed by atoms with Crippen LogP contribution in [0.15, 0.2) is 12.2 Å². The third-order valence-electron chi connectivity index (χ3n) is 1.51. The van der Waals surface area contributed by atoms with Crippen LogP contribution in [-0.4, -0.2) is 31.6 Å². The Kier molecular flexibility index (Phi) is 5.55. The van der Waals surface area contributed by atoms with E-state index in [2.05, 4.69) is 16.6 Å². The average molecular weight is 200 g/mol. The fourth-order valence-electron chi connectivity index (χ4n) is 0.938. The molecule has 14 heavy (non-hydrogen) atoms. The van der Waals surface area contributed by atoms with E-state index in [4.69, 9.17) is 5.73 Å². The highest BCUT2D eigenvalue weighted by Gasteiger charge is 2.17. The Morgan fingerprint density at radius 2 is 2.14 bits per heavy atom. The molecule has 0 rings (SSSR count). The van der Waals surface area contributed by atoms with Crippen LogP contribution in [0.3, 0.4) is 0 Å². The van der Waals surface area contributed by atoms with Crippen molar-refractivity contribution in [2.24, 2.45) is 5.73 Å². The first-order chi connectivity index (χ1) is 6.47.